The van der Waals surface area contributed by atoms with Crippen molar-refractivity contribution in [2.24, 2.45) is 0 Å². The van der Waals surface area contributed by atoms with Crippen LogP contribution in [0.15, 0.2) is 36.4 Å². The SMILES string of the molecule is O=C(Cl)c1cc(I)cc2ccccc12. The molecule has 0 heterocycles. The van der Waals surface area contributed by atoms with Crippen molar-refractivity contribution in [3.05, 3.63) is 45.5 Å². The lowest BCUT2D eigenvalue weighted by atomic mass is 10.1. The zero-order valence-electron chi connectivity index (χ0n) is 7.13. The zero-order chi connectivity index (χ0) is 10.1. The number of carbonyl (C=O) groups excluding carboxylic acids is 1. The van der Waals surface area contributed by atoms with E-state index in [9.17, 15) is 4.79 Å². The molecule has 0 bridgehead atoms. The summed E-state index contributed by atoms with van der Waals surface area (Å²) in [6.07, 6.45) is 0. The maximum absolute atomic E-state index is 11.2. The topological polar surface area (TPSA) is 17.1 Å². The highest BCUT2D eigenvalue weighted by molar-refractivity contribution is 14.1. The van der Waals surface area contributed by atoms with Crippen molar-refractivity contribution in [1.29, 1.82) is 0 Å². The smallest absolute Gasteiger partial charge is 0.253 e. The molecular formula is C11H6ClIO. The first-order valence-corrected chi connectivity index (χ1v) is 5.52. The van der Waals surface area contributed by atoms with E-state index in [0.29, 0.717) is 5.56 Å². The highest BCUT2D eigenvalue weighted by Crippen LogP contribution is 2.23. The molecule has 3 heteroatoms. The van der Waals surface area contributed by atoms with Gasteiger partial charge in [0.25, 0.3) is 5.24 Å². The Morgan fingerprint density at radius 2 is 1.93 bits per heavy atom. The quantitative estimate of drug-likeness (QED) is 0.577. The molecule has 0 atom stereocenters. The third kappa shape index (κ3) is 1.77. The summed E-state index contributed by atoms with van der Waals surface area (Å²) in [5.74, 6) is 0. The summed E-state index contributed by atoms with van der Waals surface area (Å²) >= 11 is 7.69. The molecule has 0 aliphatic heterocycles. The summed E-state index contributed by atoms with van der Waals surface area (Å²) in [6, 6.07) is 11.6. The minimum atomic E-state index is -0.403. The van der Waals surface area contributed by atoms with Gasteiger partial charge in [-0.3, -0.25) is 4.79 Å². The van der Waals surface area contributed by atoms with E-state index < -0.39 is 5.24 Å². The highest BCUT2D eigenvalue weighted by Gasteiger charge is 2.07. The van der Waals surface area contributed by atoms with Gasteiger partial charge in [-0.05, 0) is 57.1 Å². The van der Waals surface area contributed by atoms with Gasteiger partial charge in [-0.15, -0.1) is 0 Å². The van der Waals surface area contributed by atoms with Gasteiger partial charge in [-0.2, -0.15) is 0 Å². The van der Waals surface area contributed by atoms with E-state index in [0.717, 1.165) is 14.3 Å². The van der Waals surface area contributed by atoms with Crippen molar-refractivity contribution >= 4 is 50.2 Å². The van der Waals surface area contributed by atoms with Crippen molar-refractivity contribution in [1.82, 2.24) is 0 Å². The molecule has 0 unspecified atom stereocenters. The van der Waals surface area contributed by atoms with Crippen LogP contribution in [0, 0.1) is 3.57 Å². The van der Waals surface area contributed by atoms with Crippen molar-refractivity contribution in [3.8, 4) is 0 Å². The summed E-state index contributed by atoms with van der Waals surface area (Å²) in [5.41, 5.74) is 0.578. The van der Waals surface area contributed by atoms with Crippen LogP contribution in [0.5, 0.6) is 0 Å². The Hall–Kier alpha value is -0.610. The van der Waals surface area contributed by atoms with Gasteiger partial charge < -0.3 is 0 Å². The van der Waals surface area contributed by atoms with E-state index in [-0.39, 0.29) is 0 Å². The predicted molar refractivity (Wildman–Crippen MR) is 66.8 cm³/mol. The summed E-state index contributed by atoms with van der Waals surface area (Å²) in [7, 11) is 0. The Kier molecular flexibility index (Phi) is 2.74. The van der Waals surface area contributed by atoms with Gasteiger partial charge in [-0.1, -0.05) is 24.3 Å². The second-order valence-corrected chi connectivity index (χ2v) is 4.54. The fraction of sp³-hybridized carbons (Fsp3) is 0. The average Bonchev–Trinajstić information content (AvgIpc) is 2.16. The van der Waals surface area contributed by atoms with Crippen LogP contribution < -0.4 is 0 Å². The predicted octanol–water partition coefficient (Wildman–Crippen LogP) is 3.82. The van der Waals surface area contributed by atoms with Crippen molar-refractivity contribution in [2.75, 3.05) is 0 Å². The van der Waals surface area contributed by atoms with Gasteiger partial charge in [0, 0.05) is 9.13 Å². The van der Waals surface area contributed by atoms with E-state index in [1.807, 2.05) is 30.3 Å². The monoisotopic (exact) mass is 316 g/mol. The van der Waals surface area contributed by atoms with Gasteiger partial charge in [0.05, 0.1) is 0 Å². The van der Waals surface area contributed by atoms with Crippen LogP contribution in [0.2, 0.25) is 0 Å². The van der Waals surface area contributed by atoms with E-state index in [4.69, 9.17) is 11.6 Å². The molecule has 2 aromatic carbocycles. The van der Waals surface area contributed by atoms with Crippen molar-refractivity contribution < 1.29 is 4.79 Å². The van der Waals surface area contributed by atoms with Gasteiger partial charge in [0.15, 0.2) is 0 Å². The molecule has 0 fully saturated rings. The molecule has 0 saturated heterocycles. The Bertz CT molecular complexity index is 508. The van der Waals surface area contributed by atoms with Gasteiger partial charge in [0.2, 0.25) is 0 Å². The lowest BCUT2D eigenvalue weighted by molar-refractivity contribution is 0.108. The van der Waals surface area contributed by atoms with Crippen LogP contribution in [0.3, 0.4) is 0 Å². The number of carbonyl (C=O) groups is 1. The molecule has 0 radical (unpaired) electrons. The first-order chi connectivity index (χ1) is 6.68. The molecule has 2 aromatic rings. The second kappa shape index (κ2) is 3.87. The van der Waals surface area contributed by atoms with Crippen LogP contribution >= 0.6 is 34.2 Å². The van der Waals surface area contributed by atoms with E-state index in [2.05, 4.69) is 22.6 Å². The average molecular weight is 317 g/mol. The Morgan fingerprint density at radius 1 is 1.21 bits per heavy atom. The van der Waals surface area contributed by atoms with Crippen LogP contribution in [0.4, 0.5) is 0 Å². The minimum absolute atomic E-state index is 0.403. The fourth-order valence-electron chi connectivity index (χ4n) is 1.44. The Morgan fingerprint density at radius 3 is 2.64 bits per heavy atom. The molecule has 2 rings (SSSR count). The summed E-state index contributed by atoms with van der Waals surface area (Å²) in [6.45, 7) is 0. The molecule has 1 nitrogen and oxygen atoms in total. The molecule has 0 aromatic heterocycles. The maximum atomic E-state index is 11.2. The molecule has 0 aliphatic carbocycles. The number of halogens is 2. The molecule has 0 N–H and O–H groups in total. The first kappa shape index (κ1) is 9.93. The summed E-state index contributed by atoms with van der Waals surface area (Å²) in [4.78, 5) is 11.2. The van der Waals surface area contributed by atoms with Crippen molar-refractivity contribution in [3.63, 3.8) is 0 Å². The summed E-state index contributed by atoms with van der Waals surface area (Å²) in [5, 5.41) is 1.55. The zero-order valence-corrected chi connectivity index (χ0v) is 10.0. The fourth-order valence-corrected chi connectivity index (χ4v) is 2.24. The number of fused-ring (bicyclic) bond motifs is 1. The van der Waals surface area contributed by atoms with E-state index >= 15 is 0 Å². The Balaban J connectivity index is 2.87. The molecule has 70 valence electrons. The number of benzene rings is 2. The minimum Gasteiger partial charge on any atom is -0.276 e. The van der Waals surface area contributed by atoms with Gasteiger partial charge in [0.1, 0.15) is 0 Å². The van der Waals surface area contributed by atoms with Crippen LogP contribution in [-0.4, -0.2) is 5.24 Å². The molecule has 14 heavy (non-hydrogen) atoms. The standard InChI is InChI=1S/C11H6ClIO/c12-11(14)10-6-8(13)5-7-3-1-2-4-9(7)10/h1-6H. The second-order valence-electron chi connectivity index (χ2n) is 2.95. The summed E-state index contributed by atoms with van der Waals surface area (Å²) < 4.78 is 1.02. The number of hydrogen-bond donors (Lipinski definition) is 0. The van der Waals surface area contributed by atoms with Crippen molar-refractivity contribution in [2.45, 2.75) is 0 Å². The van der Waals surface area contributed by atoms with Crippen LogP contribution in [0.1, 0.15) is 10.4 Å². The van der Waals surface area contributed by atoms with Gasteiger partial charge in [-0.25, -0.2) is 0 Å². The van der Waals surface area contributed by atoms with E-state index in [1.54, 1.807) is 6.07 Å². The number of rotatable bonds is 1. The number of hydrogen-bond acceptors (Lipinski definition) is 1. The molecular weight excluding hydrogens is 310 g/mol. The lowest BCUT2D eigenvalue weighted by Gasteiger charge is -2.02. The molecule has 0 spiro atoms. The molecule has 0 saturated carbocycles. The van der Waals surface area contributed by atoms with Gasteiger partial charge >= 0.3 is 0 Å². The largest absolute Gasteiger partial charge is 0.276 e. The van der Waals surface area contributed by atoms with Crippen LogP contribution in [0.25, 0.3) is 10.8 Å². The maximum Gasteiger partial charge on any atom is 0.253 e. The first-order valence-electron chi connectivity index (χ1n) is 4.06. The highest BCUT2D eigenvalue weighted by atomic mass is 127. The van der Waals surface area contributed by atoms with E-state index in [1.165, 1.54) is 0 Å². The lowest BCUT2D eigenvalue weighted by Crippen LogP contribution is -1.91. The molecule has 0 amide bonds. The molecule has 0 aliphatic rings. The third-order valence-electron chi connectivity index (χ3n) is 2.04. The third-order valence-corrected chi connectivity index (χ3v) is 2.86. The van der Waals surface area contributed by atoms with Crippen LogP contribution in [-0.2, 0) is 0 Å². The Labute approximate surface area is 100 Å². The normalized spacial score (nSPS) is 10.4.